The predicted octanol–water partition coefficient (Wildman–Crippen LogP) is 16.5. The first-order valence-electron chi connectivity index (χ1n) is 23.8. The van der Waals surface area contributed by atoms with E-state index in [4.69, 9.17) is 21.5 Å². The Labute approximate surface area is 415 Å². The highest BCUT2D eigenvalue weighted by molar-refractivity contribution is 6.12. The first kappa shape index (κ1) is 41.9. The minimum absolute atomic E-state index is 0.521. The van der Waals surface area contributed by atoms with Gasteiger partial charge in [-0.3, -0.25) is 0 Å². The van der Waals surface area contributed by atoms with E-state index < -0.39 is 0 Å². The molecule has 0 amide bonds. The number of rotatable bonds is 8. The zero-order chi connectivity index (χ0) is 48.1. The topological polar surface area (TPSA) is 76.7 Å². The van der Waals surface area contributed by atoms with Gasteiger partial charge in [0.05, 0.1) is 46.0 Å². The van der Waals surface area contributed by atoms with Gasteiger partial charge in [-0.2, -0.15) is 5.26 Å². The number of nitrogens with zero attached hydrogens (tertiary/aromatic N) is 7. The summed E-state index contributed by atoms with van der Waals surface area (Å²) >= 11 is 0. The van der Waals surface area contributed by atoms with Crippen molar-refractivity contribution in [1.29, 1.82) is 5.26 Å². The third-order valence-electron chi connectivity index (χ3n) is 13.6. The fraction of sp³-hybridized carbons (Fsp3) is 0. The number of hydrogen-bond donors (Lipinski definition) is 0. The van der Waals surface area contributed by atoms with Crippen LogP contribution in [-0.4, -0.2) is 24.1 Å². The van der Waals surface area contributed by atoms with Crippen molar-refractivity contribution < 1.29 is 0 Å². The van der Waals surface area contributed by atoms with Gasteiger partial charge < -0.3 is 9.13 Å². The smallest absolute Gasteiger partial charge is 0.187 e. The van der Waals surface area contributed by atoms with Crippen LogP contribution in [0.15, 0.2) is 237 Å². The van der Waals surface area contributed by atoms with E-state index in [1.807, 2.05) is 103 Å². The van der Waals surface area contributed by atoms with Crippen LogP contribution in [0, 0.1) is 17.9 Å². The number of hydrogen-bond acceptors (Lipinski definition) is 4. The number of aromatic nitrogens is 5. The maximum absolute atomic E-state index is 9.91. The van der Waals surface area contributed by atoms with Crippen molar-refractivity contribution in [2.24, 2.45) is 0 Å². The van der Waals surface area contributed by atoms with Gasteiger partial charge in [-0.25, -0.2) is 19.8 Å². The van der Waals surface area contributed by atoms with Crippen molar-refractivity contribution >= 4 is 49.3 Å². The van der Waals surface area contributed by atoms with Gasteiger partial charge in [0, 0.05) is 43.9 Å². The SMILES string of the molecule is [C-]#[N+]c1cccc(-c2ccc3c4ccc(-c5cccc(C#N)c5)cc4n(-c4ccc(-c5ccc6c7ccccc7n(-c7ccccc7)c6c5)cc4-c4nc(-c5ccccc5)nc(-c5ccccc5)n4)c3c2)c1. The maximum atomic E-state index is 9.91. The van der Waals surface area contributed by atoms with Gasteiger partial charge in [-0.05, 0) is 100 Å². The molecule has 0 aliphatic heterocycles. The zero-order valence-corrected chi connectivity index (χ0v) is 38.6. The van der Waals surface area contributed by atoms with Crippen LogP contribution in [0.4, 0.5) is 5.69 Å². The van der Waals surface area contributed by atoms with Gasteiger partial charge in [0.15, 0.2) is 23.2 Å². The summed E-state index contributed by atoms with van der Waals surface area (Å²) in [5, 5.41) is 14.4. The second kappa shape index (κ2) is 17.4. The molecule has 0 saturated heterocycles. The Morgan fingerprint density at radius 2 is 0.819 bits per heavy atom. The Morgan fingerprint density at radius 1 is 0.361 bits per heavy atom. The van der Waals surface area contributed by atoms with E-state index in [-0.39, 0.29) is 0 Å². The standard InChI is InChI=1S/C65H39N7/c1-67-51-22-14-21-46(36-51)49-28-33-56-55-32-27-48(45-20-13-15-42(35-45)41-66)39-61(55)72(62(56)40-49)59-34-30-47(50-29-31-54-53-25-11-12-26-58(53)71(60(54)38-50)52-23-9-4-10-24-52)37-57(59)65-69-63(43-16-5-2-6-17-43)68-64(70-65)44-18-7-3-8-19-44/h2-40H. The molecule has 7 nitrogen and oxygen atoms in total. The molecule has 334 valence electrons. The van der Waals surface area contributed by atoms with Crippen LogP contribution in [0.1, 0.15) is 5.56 Å². The fourth-order valence-electron chi connectivity index (χ4n) is 10.2. The maximum Gasteiger partial charge on any atom is 0.187 e. The van der Waals surface area contributed by atoms with Crippen LogP contribution < -0.4 is 0 Å². The van der Waals surface area contributed by atoms with Gasteiger partial charge >= 0.3 is 0 Å². The van der Waals surface area contributed by atoms with Crippen molar-refractivity contribution in [2.75, 3.05) is 0 Å². The van der Waals surface area contributed by atoms with Crippen molar-refractivity contribution in [3.8, 4) is 85.0 Å². The third kappa shape index (κ3) is 7.25. The lowest BCUT2D eigenvalue weighted by atomic mass is 9.99. The summed E-state index contributed by atoms with van der Waals surface area (Å²) in [4.78, 5) is 19.6. The Bertz CT molecular complexity index is 4180. The summed E-state index contributed by atoms with van der Waals surface area (Å²) in [5.41, 5.74) is 15.8. The molecule has 72 heavy (non-hydrogen) atoms. The Kier molecular flexibility index (Phi) is 10.1. The molecule has 0 fully saturated rings. The number of fused-ring (bicyclic) bond motifs is 6. The van der Waals surface area contributed by atoms with E-state index in [0.29, 0.717) is 28.7 Å². The summed E-state index contributed by atoms with van der Waals surface area (Å²) in [6, 6.07) is 83.6. The molecule has 0 unspecified atom stereocenters. The minimum Gasteiger partial charge on any atom is -0.309 e. The zero-order valence-electron chi connectivity index (χ0n) is 38.6. The molecule has 0 aliphatic rings. The van der Waals surface area contributed by atoms with Gasteiger partial charge in [-0.15, -0.1) is 0 Å². The van der Waals surface area contributed by atoms with Gasteiger partial charge in [-0.1, -0.05) is 170 Å². The van der Waals surface area contributed by atoms with E-state index >= 15 is 0 Å². The Hall–Kier alpha value is -10.2. The van der Waals surface area contributed by atoms with Crippen LogP contribution in [0.2, 0.25) is 0 Å². The first-order valence-corrected chi connectivity index (χ1v) is 23.8. The average molecular weight is 918 g/mol. The molecule has 0 N–H and O–H groups in total. The largest absolute Gasteiger partial charge is 0.309 e. The van der Waals surface area contributed by atoms with Crippen LogP contribution in [-0.2, 0) is 0 Å². The molecular weight excluding hydrogens is 879 g/mol. The quantitative estimate of drug-likeness (QED) is 0.142. The third-order valence-corrected chi connectivity index (χ3v) is 13.6. The molecule has 0 bridgehead atoms. The molecule has 13 rings (SSSR count). The van der Waals surface area contributed by atoms with Gasteiger partial charge in [0.25, 0.3) is 0 Å². The average Bonchev–Trinajstić information content (AvgIpc) is 3.97. The summed E-state index contributed by atoms with van der Waals surface area (Å²) < 4.78 is 4.68. The van der Waals surface area contributed by atoms with E-state index in [1.54, 1.807) is 0 Å². The van der Waals surface area contributed by atoms with Crippen molar-refractivity contribution in [3.63, 3.8) is 0 Å². The number of nitriles is 1. The minimum atomic E-state index is 0.521. The van der Waals surface area contributed by atoms with E-state index in [9.17, 15) is 5.26 Å². The van der Waals surface area contributed by atoms with Crippen LogP contribution >= 0.6 is 0 Å². The normalized spacial score (nSPS) is 11.3. The summed E-state index contributed by atoms with van der Waals surface area (Å²) in [5.74, 6) is 1.65. The fourth-order valence-corrected chi connectivity index (χ4v) is 10.2. The highest BCUT2D eigenvalue weighted by Gasteiger charge is 2.22. The molecule has 3 aromatic heterocycles. The van der Waals surface area contributed by atoms with Crippen LogP contribution in [0.5, 0.6) is 0 Å². The summed E-state index contributed by atoms with van der Waals surface area (Å²) in [6.45, 7) is 7.80. The second-order valence-corrected chi connectivity index (χ2v) is 17.8. The lowest BCUT2D eigenvalue weighted by molar-refractivity contribution is 1.06. The lowest BCUT2D eigenvalue weighted by Crippen LogP contribution is -2.04. The van der Waals surface area contributed by atoms with E-state index in [0.717, 1.165) is 94.3 Å². The Balaban J connectivity index is 1.12. The number of para-hydroxylation sites is 2. The van der Waals surface area contributed by atoms with Crippen molar-refractivity contribution in [1.82, 2.24) is 24.1 Å². The number of benzene rings is 10. The highest BCUT2D eigenvalue weighted by Crippen LogP contribution is 2.42. The monoisotopic (exact) mass is 917 g/mol. The van der Waals surface area contributed by atoms with Gasteiger partial charge in [0.1, 0.15) is 0 Å². The summed E-state index contributed by atoms with van der Waals surface area (Å²) in [6.07, 6.45) is 0. The Morgan fingerprint density at radius 3 is 1.42 bits per heavy atom. The van der Waals surface area contributed by atoms with Crippen LogP contribution in [0.3, 0.4) is 0 Å². The molecule has 10 aromatic carbocycles. The first-order chi connectivity index (χ1) is 35.6. The van der Waals surface area contributed by atoms with Crippen molar-refractivity contribution in [3.05, 3.63) is 254 Å². The summed E-state index contributed by atoms with van der Waals surface area (Å²) in [7, 11) is 0. The van der Waals surface area contributed by atoms with E-state index in [1.165, 1.54) is 10.8 Å². The molecule has 13 aromatic rings. The van der Waals surface area contributed by atoms with Crippen molar-refractivity contribution in [2.45, 2.75) is 0 Å². The second-order valence-electron chi connectivity index (χ2n) is 17.8. The highest BCUT2D eigenvalue weighted by atomic mass is 15.1. The van der Waals surface area contributed by atoms with E-state index in [2.05, 4.69) is 154 Å². The van der Waals surface area contributed by atoms with Crippen LogP contribution in [0.25, 0.3) is 127 Å². The molecular formula is C65H39N7. The lowest BCUT2D eigenvalue weighted by Gasteiger charge is -2.17. The molecule has 0 spiro atoms. The van der Waals surface area contributed by atoms with Gasteiger partial charge in [0.2, 0.25) is 0 Å². The molecule has 3 heterocycles. The molecule has 0 atom stereocenters. The predicted molar refractivity (Wildman–Crippen MR) is 292 cm³/mol. The molecule has 0 radical (unpaired) electrons. The molecule has 0 aliphatic carbocycles. The molecule has 7 heteroatoms. The molecule has 0 saturated carbocycles.